The lowest BCUT2D eigenvalue weighted by Gasteiger charge is -2.41. The minimum absolute atomic E-state index is 0.00331. The second kappa shape index (κ2) is 7.16. The fourth-order valence-corrected chi connectivity index (χ4v) is 3.52. The minimum atomic E-state index is -4.87. The van der Waals surface area contributed by atoms with Gasteiger partial charge >= 0.3 is 6.18 Å². The van der Waals surface area contributed by atoms with E-state index in [1.165, 1.54) is 19.9 Å². The molecular formula is C20H24F4O2. The second-order valence-corrected chi connectivity index (χ2v) is 7.63. The molecule has 144 valence electrons. The van der Waals surface area contributed by atoms with Gasteiger partial charge in [0.2, 0.25) is 0 Å². The normalized spacial score (nSPS) is 21.0. The van der Waals surface area contributed by atoms with Gasteiger partial charge in [0.25, 0.3) is 0 Å². The zero-order chi connectivity index (χ0) is 19.8. The number of rotatable bonds is 5. The number of hydrogen-bond donors (Lipinski definition) is 2. The van der Waals surface area contributed by atoms with Crippen LogP contribution in [0.2, 0.25) is 0 Å². The summed E-state index contributed by atoms with van der Waals surface area (Å²) in [6.45, 7) is 4.65. The fraction of sp³-hybridized carbons (Fsp3) is 0.500. The molecule has 0 fully saturated rings. The molecule has 1 aliphatic carbocycles. The first-order valence-electron chi connectivity index (χ1n) is 8.45. The van der Waals surface area contributed by atoms with Gasteiger partial charge in [-0.05, 0) is 54.0 Å². The average molecular weight is 372 g/mol. The van der Waals surface area contributed by atoms with E-state index in [4.69, 9.17) is 0 Å². The van der Waals surface area contributed by atoms with Gasteiger partial charge in [0.05, 0.1) is 6.10 Å². The second-order valence-electron chi connectivity index (χ2n) is 7.63. The van der Waals surface area contributed by atoms with E-state index in [0.29, 0.717) is 11.1 Å². The highest BCUT2D eigenvalue weighted by Gasteiger charge is 2.56. The maximum atomic E-state index is 13.8. The smallest absolute Gasteiger partial charge is 0.388 e. The van der Waals surface area contributed by atoms with Gasteiger partial charge < -0.3 is 10.2 Å². The quantitative estimate of drug-likeness (QED) is 0.730. The maximum absolute atomic E-state index is 13.8. The Morgan fingerprint density at radius 3 is 2.35 bits per heavy atom. The van der Waals surface area contributed by atoms with Crippen molar-refractivity contribution >= 4 is 0 Å². The topological polar surface area (TPSA) is 40.5 Å². The van der Waals surface area contributed by atoms with Crippen molar-refractivity contribution in [3.8, 4) is 0 Å². The summed E-state index contributed by atoms with van der Waals surface area (Å²) in [4.78, 5) is 0. The Bertz CT molecular complexity index is 719. The van der Waals surface area contributed by atoms with Crippen LogP contribution < -0.4 is 0 Å². The van der Waals surface area contributed by atoms with Gasteiger partial charge in [-0.3, -0.25) is 0 Å². The first-order chi connectivity index (χ1) is 11.9. The number of aliphatic hydroxyl groups excluding tert-OH is 1. The molecule has 0 saturated carbocycles. The van der Waals surface area contributed by atoms with Crippen molar-refractivity contribution < 1.29 is 27.8 Å². The molecule has 2 atom stereocenters. The Labute approximate surface area is 150 Å². The summed E-state index contributed by atoms with van der Waals surface area (Å²) in [5.41, 5.74) is -3.05. The van der Waals surface area contributed by atoms with E-state index in [0.717, 1.165) is 6.08 Å². The van der Waals surface area contributed by atoms with Crippen LogP contribution in [0.25, 0.3) is 0 Å². The summed E-state index contributed by atoms with van der Waals surface area (Å²) in [6, 6.07) is 6.58. The van der Waals surface area contributed by atoms with E-state index < -0.39 is 42.0 Å². The molecule has 6 heteroatoms. The van der Waals surface area contributed by atoms with Crippen molar-refractivity contribution in [1.29, 1.82) is 0 Å². The number of benzene rings is 1. The molecule has 0 aromatic heterocycles. The van der Waals surface area contributed by atoms with Gasteiger partial charge in [0.15, 0.2) is 5.60 Å². The molecule has 1 aromatic carbocycles. The van der Waals surface area contributed by atoms with Crippen molar-refractivity contribution in [2.75, 3.05) is 0 Å². The number of aryl methyl sites for hydroxylation is 1. The van der Waals surface area contributed by atoms with Crippen molar-refractivity contribution in [2.45, 2.75) is 57.9 Å². The molecular weight excluding hydrogens is 348 g/mol. The van der Waals surface area contributed by atoms with Crippen LogP contribution in [0.1, 0.15) is 37.8 Å². The van der Waals surface area contributed by atoms with Crippen molar-refractivity contribution in [3.05, 3.63) is 58.9 Å². The monoisotopic (exact) mass is 372 g/mol. The zero-order valence-corrected chi connectivity index (χ0v) is 15.1. The lowest BCUT2D eigenvalue weighted by atomic mass is 9.70. The molecule has 0 saturated heterocycles. The van der Waals surface area contributed by atoms with Crippen LogP contribution in [-0.2, 0) is 6.42 Å². The molecule has 26 heavy (non-hydrogen) atoms. The minimum Gasteiger partial charge on any atom is -0.388 e. The van der Waals surface area contributed by atoms with Crippen LogP contribution in [-0.4, -0.2) is 28.1 Å². The SMILES string of the molecule is Cc1ccccc1CC(O)(CC(C)(C)C1=CC(F)=CCC1O)C(F)(F)F. The molecule has 2 rings (SSSR count). The number of allylic oxidation sites excluding steroid dienone is 2. The molecule has 0 bridgehead atoms. The van der Waals surface area contributed by atoms with Crippen molar-refractivity contribution in [1.82, 2.24) is 0 Å². The largest absolute Gasteiger partial charge is 0.417 e. The summed E-state index contributed by atoms with van der Waals surface area (Å²) >= 11 is 0. The number of hydrogen-bond acceptors (Lipinski definition) is 2. The standard InChI is InChI=1S/C20H24F4O2/c1-13-6-4-5-7-14(13)11-19(26,20(22,23)24)12-18(2,3)16-10-15(21)8-9-17(16)25/h4-8,10,17,25-26H,9,11-12H2,1-3H3. The van der Waals surface area contributed by atoms with Crippen molar-refractivity contribution in [3.63, 3.8) is 0 Å². The highest BCUT2D eigenvalue weighted by atomic mass is 19.4. The lowest BCUT2D eigenvalue weighted by Crippen LogP contribution is -2.51. The maximum Gasteiger partial charge on any atom is 0.417 e. The van der Waals surface area contributed by atoms with Crippen LogP contribution in [0.5, 0.6) is 0 Å². The van der Waals surface area contributed by atoms with Gasteiger partial charge in [-0.15, -0.1) is 0 Å². The van der Waals surface area contributed by atoms with E-state index in [2.05, 4.69) is 0 Å². The van der Waals surface area contributed by atoms with Crippen molar-refractivity contribution in [2.24, 2.45) is 5.41 Å². The summed E-state index contributed by atoms with van der Waals surface area (Å²) in [5.74, 6) is -0.590. The molecule has 0 spiro atoms. The Kier molecular flexibility index (Phi) is 5.69. The lowest BCUT2D eigenvalue weighted by molar-refractivity contribution is -0.268. The fourth-order valence-electron chi connectivity index (χ4n) is 3.52. The van der Waals surface area contributed by atoms with E-state index in [1.54, 1.807) is 31.2 Å². The highest BCUT2D eigenvalue weighted by molar-refractivity contribution is 5.32. The van der Waals surface area contributed by atoms with E-state index in [9.17, 15) is 27.8 Å². The average Bonchev–Trinajstić information content (AvgIpc) is 2.50. The first kappa shape index (κ1) is 20.6. The molecule has 0 heterocycles. The Hall–Kier alpha value is -1.66. The molecule has 2 nitrogen and oxygen atoms in total. The molecule has 2 N–H and O–H groups in total. The third kappa shape index (κ3) is 4.35. The summed E-state index contributed by atoms with van der Waals surface area (Å²) in [5, 5.41) is 20.7. The summed E-state index contributed by atoms with van der Waals surface area (Å²) in [6.07, 6.45) is -4.97. The summed E-state index contributed by atoms with van der Waals surface area (Å²) in [7, 11) is 0. The third-order valence-electron chi connectivity index (χ3n) is 4.98. The van der Waals surface area contributed by atoms with E-state index >= 15 is 0 Å². The van der Waals surface area contributed by atoms with Gasteiger partial charge in [-0.1, -0.05) is 38.1 Å². The molecule has 0 amide bonds. The Morgan fingerprint density at radius 2 is 1.77 bits per heavy atom. The predicted octanol–water partition coefficient (Wildman–Crippen LogP) is 4.79. The Balaban J connectivity index is 2.39. The molecule has 1 aromatic rings. The molecule has 1 aliphatic rings. The van der Waals surface area contributed by atoms with E-state index in [-0.39, 0.29) is 12.0 Å². The van der Waals surface area contributed by atoms with Crippen LogP contribution in [0.3, 0.4) is 0 Å². The van der Waals surface area contributed by atoms with Crippen LogP contribution >= 0.6 is 0 Å². The van der Waals surface area contributed by atoms with Gasteiger partial charge in [-0.2, -0.15) is 13.2 Å². The first-order valence-corrected chi connectivity index (χ1v) is 8.45. The number of alkyl halides is 3. The third-order valence-corrected chi connectivity index (χ3v) is 4.98. The van der Waals surface area contributed by atoms with E-state index in [1.807, 2.05) is 0 Å². The highest BCUT2D eigenvalue weighted by Crippen LogP contribution is 2.46. The van der Waals surface area contributed by atoms with Crippen LogP contribution in [0.15, 0.2) is 47.8 Å². The van der Waals surface area contributed by atoms with Gasteiger partial charge in [0, 0.05) is 6.42 Å². The Morgan fingerprint density at radius 1 is 1.15 bits per heavy atom. The van der Waals surface area contributed by atoms with Gasteiger partial charge in [0.1, 0.15) is 5.83 Å². The molecule has 0 radical (unpaired) electrons. The number of aliphatic hydroxyl groups is 2. The zero-order valence-electron chi connectivity index (χ0n) is 15.1. The number of halogens is 4. The van der Waals surface area contributed by atoms with Gasteiger partial charge in [-0.25, -0.2) is 4.39 Å². The predicted molar refractivity (Wildman–Crippen MR) is 92.2 cm³/mol. The molecule has 2 unspecified atom stereocenters. The summed E-state index contributed by atoms with van der Waals surface area (Å²) < 4.78 is 54.9. The van der Waals surface area contributed by atoms with Crippen LogP contribution in [0.4, 0.5) is 17.6 Å². The molecule has 0 aliphatic heterocycles. The van der Waals surface area contributed by atoms with Crippen LogP contribution in [0, 0.1) is 12.3 Å².